The van der Waals surface area contributed by atoms with Gasteiger partial charge in [-0.05, 0) is 96.9 Å². The molecular formula is C37H34BrClN2O6. The van der Waals surface area contributed by atoms with Gasteiger partial charge in [0.15, 0.2) is 11.5 Å². The predicted molar refractivity (Wildman–Crippen MR) is 180 cm³/mol. The Kier molecular flexibility index (Phi) is 7.44. The molecule has 47 heavy (non-hydrogen) atoms. The number of nitrogens with zero attached hydrogens (tertiary/aromatic N) is 2. The highest BCUT2D eigenvalue weighted by molar-refractivity contribution is 9.10. The Bertz CT molecular complexity index is 1890. The molecule has 0 aromatic heterocycles. The number of carbonyl (C=O) groups is 4. The van der Waals surface area contributed by atoms with E-state index in [1.165, 1.54) is 16.9 Å². The summed E-state index contributed by atoms with van der Waals surface area (Å²) in [6.45, 7) is 5.54. The van der Waals surface area contributed by atoms with Crippen molar-refractivity contribution in [2.24, 2.45) is 23.7 Å². The van der Waals surface area contributed by atoms with E-state index in [1.54, 1.807) is 36.4 Å². The van der Waals surface area contributed by atoms with Crippen molar-refractivity contribution in [3.05, 3.63) is 99.0 Å². The van der Waals surface area contributed by atoms with Crippen LogP contribution in [0.4, 0.5) is 5.69 Å². The zero-order valence-electron chi connectivity index (χ0n) is 26.4. The van der Waals surface area contributed by atoms with Crippen molar-refractivity contribution in [1.29, 1.82) is 0 Å². The number of imide groups is 2. The van der Waals surface area contributed by atoms with Gasteiger partial charge in [-0.2, -0.15) is 0 Å². The molecule has 6 unspecified atom stereocenters. The van der Waals surface area contributed by atoms with E-state index in [4.69, 9.17) is 16.3 Å². The Morgan fingerprint density at radius 3 is 2.32 bits per heavy atom. The average Bonchev–Trinajstić information content (AvgIpc) is 3.43. The molecule has 1 saturated carbocycles. The second-order valence-corrected chi connectivity index (χ2v) is 15.1. The maximum absolute atomic E-state index is 15.3. The van der Waals surface area contributed by atoms with Crippen LogP contribution in [0.25, 0.3) is 0 Å². The number of methoxy groups -OCH3 is 1. The Balaban J connectivity index is 1.52. The molecule has 4 aliphatic rings. The van der Waals surface area contributed by atoms with Gasteiger partial charge in [0.05, 0.1) is 40.4 Å². The number of rotatable bonds is 4. The second kappa shape index (κ2) is 11.1. The number of hydrogen-bond acceptors (Lipinski definition) is 6. The SMILES string of the molecule is COc1cc(C2C3=CCC4C(=O)N(C(C)(C)C)C(=O)C4C3CC3C(=O)N(c4cccc(Cl)c4)C(=O)C32c2ccccc2)cc(Br)c1O. The maximum Gasteiger partial charge on any atom is 0.246 e. The van der Waals surface area contributed by atoms with Crippen LogP contribution in [-0.2, 0) is 24.6 Å². The summed E-state index contributed by atoms with van der Waals surface area (Å²) in [7, 11) is 1.45. The first-order valence-electron chi connectivity index (χ1n) is 15.7. The summed E-state index contributed by atoms with van der Waals surface area (Å²) < 4.78 is 5.92. The average molecular weight is 718 g/mol. The quantitative estimate of drug-likeness (QED) is 0.236. The fourth-order valence-electron chi connectivity index (χ4n) is 8.70. The molecule has 0 radical (unpaired) electrons. The highest BCUT2D eigenvalue weighted by Gasteiger charge is 2.70. The van der Waals surface area contributed by atoms with Gasteiger partial charge in [-0.15, -0.1) is 0 Å². The lowest BCUT2D eigenvalue weighted by molar-refractivity contribution is -0.145. The van der Waals surface area contributed by atoms with E-state index in [2.05, 4.69) is 15.9 Å². The van der Waals surface area contributed by atoms with E-state index in [1.807, 2.05) is 57.2 Å². The number of carbonyl (C=O) groups excluding carboxylic acids is 4. The molecule has 3 aromatic carbocycles. The monoisotopic (exact) mass is 716 g/mol. The third kappa shape index (κ3) is 4.45. The summed E-state index contributed by atoms with van der Waals surface area (Å²) in [6.07, 6.45) is 2.55. The number of halogens is 2. The van der Waals surface area contributed by atoms with Crippen molar-refractivity contribution in [2.75, 3.05) is 12.0 Å². The van der Waals surface area contributed by atoms with Crippen molar-refractivity contribution in [3.8, 4) is 11.5 Å². The molecule has 0 bridgehead atoms. The van der Waals surface area contributed by atoms with Crippen molar-refractivity contribution in [3.63, 3.8) is 0 Å². The van der Waals surface area contributed by atoms with E-state index in [0.29, 0.717) is 32.7 Å². The van der Waals surface area contributed by atoms with E-state index in [0.717, 1.165) is 5.57 Å². The molecule has 3 fully saturated rings. The maximum atomic E-state index is 15.3. The lowest BCUT2D eigenvalue weighted by atomic mass is 9.49. The molecule has 2 saturated heterocycles. The van der Waals surface area contributed by atoms with Crippen molar-refractivity contribution >= 4 is 56.8 Å². The largest absolute Gasteiger partial charge is 0.503 e. The Morgan fingerprint density at radius 1 is 0.936 bits per heavy atom. The van der Waals surface area contributed by atoms with E-state index < -0.39 is 46.5 Å². The molecule has 2 aliphatic heterocycles. The van der Waals surface area contributed by atoms with Crippen molar-refractivity contribution < 1.29 is 29.0 Å². The Labute approximate surface area is 286 Å². The number of anilines is 1. The minimum Gasteiger partial charge on any atom is -0.503 e. The zero-order chi connectivity index (χ0) is 33.6. The van der Waals surface area contributed by atoms with Gasteiger partial charge in [-0.1, -0.05) is 59.6 Å². The third-order valence-corrected chi connectivity index (χ3v) is 11.3. The standard InChI is InChI=1S/C37H34BrClN2O6/c1-36(2,3)41-32(43)24-14-13-23-25(29(24)34(41)45)18-26-33(44)40(22-12-8-11-21(39)17-22)35(46)37(26,20-9-6-5-7-10-20)30(23)19-15-27(38)31(42)28(16-19)47-4/h5-13,15-17,24-26,29-30,42H,14,18H2,1-4H3. The fourth-order valence-corrected chi connectivity index (χ4v) is 9.34. The number of amides is 4. The van der Waals surface area contributed by atoms with Crippen LogP contribution in [0.5, 0.6) is 11.5 Å². The fraction of sp³-hybridized carbons (Fsp3) is 0.351. The second-order valence-electron chi connectivity index (χ2n) is 13.8. The van der Waals surface area contributed by atoms with Crippen molar-refractivity contribution in [1.82, 2.24) is 4.90 Å². The zero-order valence-corrected chi connectivity index (χ0v) is 28.7. The van der Waals surface area contributed by atoms with Gasteiger partial charge in [0.25, 0.3) is 0 Å². The molecule has 242 valence electrons. The minimum atomic E-state index is -1.42. The van der Waals surface area contributed by atoms with Gasteiger partial charge >= 0.3 is 0 Å². The van der Waals surface area contributed by atoms with Crippen LogP contribution in [0.1, 0.15) is 50.7 Å². The number of ether oxygens (including phenoxy) is 1. The molecule has 2 aliphatic carbocycles. The van der Waals surface area contributed by atoms with Crippen LogP contribution in [0.15, 0.2) is 82.9 Å². The van der Waals surface area contributed by atoms with Crippen LogP contribution in [-0.4, -0.2) is 46.3 Å². The molecular weight excluding hydrogens is 684 g/mol. The molecule has 1 N–H and O–H groups in total. The number of fused-ring (bicyclic) bond motifs is 4. The van der Waals surface area contributed by atoms with Gasteiger partial charge in [0.2, 0.25) is 23.6 Å². The van der Waals surface area contributed by atoms with Gasteiger partial charge < -0.3 is 9.84 Å². The predicted octanol–water partition coefficient (Wildman–Crippen LogP) is 6.78. The number of hydrogen-bond donors (Lipinski definition) is 1. The van der Waals surface area contributed by atoms with Crippen LogP contribution >= 0.6 is 27.5 Å². The third-order valence-electron chi connectivity index (χ3n) is 10.4. The van der Waals surface area contributed by atoms with E-state index >= 15 is 4.79 Å². The number of phenols is 1. The smallest absolute Gasteiger partial charge is 0.246 e. The topological polar surface area (TPSA) is 104 Å². The molecule has 4 amide bonds. The molecule has 6 atom stereocenters. The summed E-state index contributed by atoms with van der Waals surface area (Å²) in [4.78, 5) is 60.7. The summed E-state index contributed by atoms with van der Waals surface area (Å²) >= 11 is 9.86. The minimum absolute atomic E-state index is 0.0987. The molecule has 2 heterocycles. The molecule has 7 rings (SSSR count). The first-order valence-corrected chi connectivity index (χ1v) is 16.8. The number of likely N-dealkylation sites (tertiary alicyclic amines) is 1. The first-order chi connectivity index (χ1) is 22.3. The summed E-state index contributed by atoms with van der Waals surface area (Å²) in [5.41, 5.74) is 0.344. The summed E-state index contributed by atoms with van der Waals surface area (Å²) in [5, 5.41) is 11.2. The van der Waals surface area contributed by atoms with Gasteiger partial charge in [0.1, 0.15) is 0 Å². The van der Waals surface area contributed by atoms with Crippen LogP contribution in [0, 0.1) is 23.7 Å². The lowest BCUT2D eigenvalue weighted by Gasteiger charge is -2.50. The van der Waals surface area contributed by atoms with Gasteiger partial charge in [0, 0.05) is 16.5 Å². The van der Waals surface area contributed by atoms with E-state index in [-0.39, 0.29) is 35.6 Å². The van der Waals surface area contributed by atoms with Crippen LogP contribution in [0.2, 0.25) is 5.02 Å². The van der Waals surface area contributed by atoms with Gasteiger partial charge in [-0.25, -0.2) is 4.90 Å². The Hall–Kier alpha value is -3.95. The molecule has 3 aromatic rings. The number of phenolic OH excluding ortho intramolecular Hbond substituents is 1. The Morgan fingerprint density at radius 2 is 1.66 bits per heavy atom. The summed E-state index contributed by atoms with van der Waals surface area (Å²) in [6, 6.07) is 19.4. The number of aromatic hydroxyl groups is 1. The highest BCUT2D eigenvalue weighted by Crippen LogP contribution is 2.65. The molecule has 10 heteroatoms. The number of benzene rings is 3. The van der Waals surface area contributed by atoms with Crippen LogP contribution < -0.4 is 9.64 Å². The highest BCUT2D eigenvalue weighted by atomic mass is 79.9. The van der Waals surface area contributed by atoms with Gasteiger partial charge in [-0.3, -0.25) is 24.1 Å². The van der Waals surface area contributed by atoms with Crippen LogP contribution in [0.3, 0.4) is 0 Å². The first kappa shape index (κ1) is 31.6. The van der Waals surface area contributed by atoms with Crippen molar-refractivity contribution in [2.45, 2.75) is 50.5 Å². The van der Waals surface area contributed by atoms with E-state index in [9.17, 15) is 19.5 Å². The lowest BCUT2D eigenvalue weighted by Crippen LogP contribution is -2.53. The summed E-state index contributed by atoms with van der Waals surface area (Å²) in [5.74, 6) is -4.49. The normalized spacial score (nSPS) is 28.6. The molecule has 0 spiro atoms. The number of allylic oxidation sites excluding steroid dienone is 2. The molecule has 8 nitrogen and oxygen atoms in total.